The molecule has 0 aromatic carbocycles. The molecule has 1 rings (SSSR count). The lowest BCUT2D eigenvalue weighted by Gasteiger charge is -2.08. The molecule has 1 heterocycles. The van der Waals surface area contributed by atoms with Crippen molar-refractivity contribution in [3.8, 4) is 0 Å². The van der Waals surface area contributed by atoms with Crippen molar-refractivity contribution in [3.63, 3.8) is 0 Å². The van der Waals surface area contributed by atoms with Crippen LogP contribution in [0.3, 0.4) is 0 Å². The maximum absolute atomic E-state index is 5.82. The van der Waals surface area contributed by atoms with Gasteiger partial charge in [-0.05, 0) is 6.42 Å². The molecule has 0 aliphatic heterocycles. The van der Waals surface area contributed by atoms with Crippen molar-refractivity contribution in [2.24, 2.45) is 12.8 Å². The summed E-state index contributed by atoms with van der Waals surface area (Å²) < 4.78 is 1.92. The first-order chi connectivity index (χ1) is 5.25. The van der Waals surface area contributed by atoms with Gasteiger partial charge in [-0.25, -0.2) is 4.98 Å². The monoisotopic (exact) mass is 151 g/mol. The summed E-state index contributed by atoms with van der Waals surface area (Å²) in [4.78, 5) is 3.97. The summed E-state index contributed by atoms with van der Waals surface area (Å²) in [5, 5.41) is 0. The van der Waals surface area contributed by atoms with Crippen molar-refractivity contribution < 1.29 is 0 Å². The van der Waals surface area contributed by atoms with Crippen LogP contribution >= 0.6 is 0 Å². The molecule has 2 N–H and O–H groups in total. The molecule has 60 valence electrons. The molecule has 3 nitrogen and oxygen atoms in total. The summed E-state index contributed by atoms with van der Waals surface area (Å²) in [5.74, 6) is 0. The number of nitrogens with two attached hydrogens (primary N) is 1. The molecule has 0 radical (unpaired) electrons. The minimum absolute atomic E-state index is 0.0278. The fourth-order valence-electron chi connectivity index (χ4n) is 1.03. The van der Waals surface area contributed by atoms with Gasteiger partial charge < -0.3 is 10.3 Å². The first-order valence-corrected chi connectivity index (χ1v) is 3.58. The van der Waals surface area contributed by atoms with Crippen molar-refractivity contribution >= 4 is 0 Å². The maximum atomic E-state index is 5.82. The Morgan fingerprint density at radius 2 is 2.64 bits per heavy atom. The predicted molar refractivity (Wildman–Crippen MR) is 45.0 cm³/mol. The predicted octanol–water partition coefficient (Wildman–Crippen LogP) is 0.996. The minimum Gasteiger partial charge on any atom is -0.336 e. The summed E-state index contributed by atoms with van der Waals surface area (Å²) in [6.07, 6.45) is 6.14. The van der Waals surface area contributed by atoms with E-state index >= 15 is 0 Å². The molecule has 0 spiro atoms. The Balaban J connectivity index is 2.74. The molecule has 0 aliphatic carbocycles. The third kappa shape index (κ3) is 1.68. The van der Waals surface area contributed by atoms with Gasteiger partial charge in [0.1, 0.15) is 0 Å². The lowest BCUT2D eigenvalue weighted by atomic mass is 10.1. The molecule has 0 saturated carbocycles. The van der Waals surface area contributed by atoms with Crippen molar-refractivity contribution in [2.45, 2.75) is 12.5 Å². The van der Waals surface area contributed by atoms with E-state index in [0.717, 1.165) is 12.1 Å². The number of hydrogen-bond donors (Lipinski definition) is 1. The smallest absolute Gasteiger partial charge is 0.0946 e. The highest BCUT2D eigenvalue weighted by molar-refractivity contribution is 5.05. The number of aromatic nitrogens is 2. The number of rotatable bonds is 3. The van der Waals surface area contributed by atoms with Gasteiger partial charge in [0.05, 0.1) is 18.1 Å². The molecule has 0 amide bonds. The van der Waals surface area contributed by atoms with Crippen LogP contribution in [0.1, 0.15) is 18.2 Å². The van der Waals surface area contributed by atoms with Crippen LogP contribution in [0.15, 0.2) is 25.2 Å². The molecule has 1 aromatic rings. The van der Waals surface area contributed by atoms with E-state index < -0.39 is 0 Å². The van der Waals surface area contributed by atoms with Gasteiger partial charge in [-0.2, -0.15) is 0 Å². The van der Waals surface area contributed by atoms with Gasteiger partial charge in [-0.1, -0.05) is 6.08 Å². The van der Waals surface area contributed by atoms with E-state index in [1.54, 1.807) is 12.5 Å². The molecular formula is C8H13N3. The van der Waals surface area contributed by atoms with E-state index in [1.807, 2.05) is 17.7 Å². The zero-order valence-electron chi connectivity index (χ0n) is 6.70. The van der Waals surface area contributed by atoms with E-state index in [9.17, 15) is 0 Å². The molecular weight excluding hydrogens is 138 g/mol. The van der Waals surface area contributed by atoms with Crippen LogP contribution in [-0.4, -0.2) is 9.55 Å². The first-order valence-electron chi connectivity index (χ1n) is 3.58. The standard InChI is InChI=1S/C8H13N3/c1-3-4-7(9)8-5-10-6-11(8)2/h3,5-7H,1,4,9H2,2H3. The zero-order valence-corrected chi connectivity index (χ0v) is 6.70. The van der Waals surface area contributed by atoms with Crippen molar-refractivity contribution in [1.82, 2.24) is 9.55 Å². The Labute approximate surface area is 66.5 Å². The third-order valence-electron chi connectivity index (χ3n) is 1.65. The summed E-state index contributed by atoms with van der Waals surface area (Å²) in [5.41, 5.74) is 6.86. The molecule has 0 aliphatic rings. The third-order valence-corrected chi connectivity index (χ3v) is 1.65. The van der Waals surface area contributed by atoms with Crippen LogP contribution in [0, 0.1) is 0 Å². The van der Waals surface area contributed by atoms with Crippen molar-refractivity contribution in [3.05, 3.63) is 30.9 Å². The Morgan fingerprint density at radius 3 is 3.09 bits per heavy atom. The van der Waals surface area contributed by atoms with Crippen molar-refractivity contribution in [1.29, 1.82) is 0 Å². The molecule has 3 heteroatoms. The van der Waals surface area contributed by atoms with Crippen LogP contribution in [0.25, 0.3) is 0 Å². The van der Waals surface area contributed by atoms with Gasteiger partial charge in [0.15, 0.2) is 0 Å². The Hall–Kier alpha value is -1.09. The molecule has 1 atom stereocenters. The molecule has 0 bridgehead atoms. The van der Waals surface area contributed by atoms with Crippen LogP contribution < -0.4 is 5.73 Å². The van der Waals surface area contributed by atoms with Crippen LogP contribution in [0.2, 0.25) is 0 Å². The first kappa shape index (κ1) is 8.01. The molecule has 0 fully saturated rings. The number of hydrogen-bond acceptors (Lipinski definition) is 2. The summed E-state index contributed by atoms with van der Waals surface area (Å²) >= 11 is 0. The van der Waals surface area contributed by atoms with Crippen LogP contribution in [0.5, 0.6) is 0 Å². The van der Waals surface area contributed by atoms with E-state index in [4.69, 9.17) is 5.73 Å². The summed E-state index contributed by atoms with van der Waals surface area (Å²) in [7, 11) is 1.94. The highest BCUT2D eigenvalue weighted by Crippen LogP contribution is 2.11. The highest BCUT2D eigenvalue weighted by Gasteiger charge is 2.06. The second-order valence-electron chi connectivity index (χ2n) is 2.56. The minimum atomic E-state index is 0.0278. The number of aryl methyl sites for hydroxylation is 1. The van der Waals surface area contributed by atoms with E-state index in [-0.39, 0.29) is 6.04 Å². The van der Waals surface area contributed by atoms with Crippen molar-refractivity contribution in [2.75, 3.05) is 0 Å². The summed E-state index contributed by atoms with van der Waals surface area (Å²) in [6.45, 7) is 3.63. The van der Waals surface area contributed by atoms with Gasteiger partial charge in [-0.15, -0.1) is 6.58 Å². The van der Waals surface area contributed by atoms with E-state index in [1.165, 1.54) is 0 Å². The normalized spacial score (nSPS) is 12.9. The van der Waals surface area contributed by atoms with Gasteiger partial charge in [-0.3, -0.25) is 0 Å². The zero-order chi connectivity index (χ0) is 8.27. The van der Waals surface area contributed by atoms with Crippen LogP contribution in [0.4, 0.5) is 0 Å². The van der Waals surface area contributed by atoms with Gasteiger partial charge >= 0.3 is 0 Å². The number of imidazole rings is 1. The van der Waals surface area contributed by atoms with Gasteiger partial charge in [0.2, 0.25) is 0 Å². The summed E-state index contributed by atoms with van der Waals surface area (Å²) in [6, 6.07) is 0.0278. The SMILES string of the molecule is C=CCC(N)c1cncn1C. The lowest BCUT2D eigenvalue weighted by Crippen LogP contribution is -2.12. The fraction of sp³-hybridized carbons (Fsp3) is 0.375. The second-order valence-corrected chi connectivity index (χ2v) is 2.56. The van der Waals surface area contributed by atoms with Gasteiger partial charge in [0.25, 0.3) is 0 Å². The average Bonchev–Trinajstić information content (AvgIpc) is 2.36. The topological polar surface area (TPSA) is 43.8 Å². The van der Waals surface area contributed by atoms with Crippen LogP contribution in [-0.2, 0) is 7.05 Å². The quantitative estimate of drug-likeness (QED) is 0.655. The van der Waals surface area contributed by atoms with E-state index in [2.05, 4.69) is 11.6 Å². The van der Waals surface area contributed by atoms with E-state index in [0.29, 0.717) is 0 Å². The second kappa shape index (κ2) is 3.34. The maximum Gasteiger partial charge on any atom is 0.0946 e. The average molecular weight is 151 g/mol. The Bertz CT molecular complexity index is 239. The Kier molecular flexibility index (Phi) is 2.44. The fourth-order valence-corrected chi connectivity index (χ4v) is 1.03. The largest absolute Gasteiger partial charge is 0.336 e. The molecule has 1 unspecified atom stereocenters. The number of nitrogens with zero attached hydrogens (tertiary/aromatic N) is 2. The molecule has 0 saturated heterocycles. The highest BCUT2D eigenvalue weighted by atomic mass is 15.0. The Morgan fingerprint density at radius 1 is 1.91 bits per heavy atom. The molecule has 1 aromatic heterocycles. The van der Waals surface area contributed by atoms with Gasteiger partial charge in [0, 0.05) is 13.2 Å². The lowest BCUT2D eigenvalue weighted by molar-refractivity contribution is 0.668. The molecule has 11 heavy (non-hydrogen) atoms.